The molecule has 2 nitrogen and oxygen atoms in total. The van der Waals surface area contributed by atoms with Gasteiger partial charge in [-0.15, -0.1) is 11.6 Å². The van der Waals surface area contributed by atoms with Gasteiger partial charge in [0.15, 0.2) is 0 Å². The maximum absolute atomic E-state index is 12.8. The molecule has 0 saturated heterocycles. The summed E-state index contributed by atoms with van der Waals surface area (Å²) in [5, 5.41) is 0. The Morgan fingerprint density at radius 2 is 2.15 bits per heavy atom. The molecular formula is C7H6ClF3N2. The number of rotatable bonds is 2. The molecule has 1 rings (SSSR count). The van der Waals surface area contributed by atoms with Crippen molar-refractivity contribution >= 4 is 17.3 Å². The molecule has 0 fully saturated rings. The Hall–Kier alpha value is -0.970. The molecule has 0 aliphatic rings. The summed E-state index contributed by atoms with van der Waals surface area (Å²) >= 11 is 5.31. The zero-order chi connectivity index (χ0) is 10.0. The summed E-state index contributed by atoms with van der Waals surface area (Å²) in [6, 6.07) is 0. The number of hydrogen-bond donors (Lipinski definition) is 1. The van der Waals surface area contributed by atoms with Crippen LogP contribution in [0.5, 0.6) is 0 Å². The summed E-state index contributed by atoms with van der Waals surface area (Å²) in [7, 11) is 0. The topological polar surface area (TPSA) is 38.9 Å². The molecule has 0 radical (unpaired) electrons. The number of anilines is 1. The fraction of sp³-hybridized carbons (Fsp3) is 0.286. The number of aromatic nitrogens is 1. The van der Waals surface area contributed by atoms with E-state index >= 15 is 0 Å². The van der Waals surface area contributed by atoms with Crippen LogP contribution >= 0.6 is 11.6 Å². The lowest BCUT2D eigenvalue weighted by molar-refractivity contribution is 0.151. The quantitative estimate of drug-likeness (QED) is 0.602. The maximum atomic E-state index is 12.8. The van der Waals surface area contributed by atoms with E-state index in [1.54, 1.807) is 0 Å². The fourth-order valence-electron chi connectivity index (χ4n) is 0.860. The summed E-state index contributed by atoms with van der Waals surface area (Å²) in [5.74, 6) is -1.18. The number of nitrogens with zero attached hydrogens (tertiary/aromatic N) is 1. The lowest BCUT2D eigenvalue weighted by atomic mass is 10.1. The largest absolute Gasteiger partial charge is 0.398 e. The third kappa shape index (κ3) is 1.85. The Morgan fingerprint density at radius 1 is 1.54 bits per heavy atom. The van der Waals surface area contributed by atoms with Crippen LogP contribution in [0, 0.1) is 5.95 Å². The van der Waals surface area contributed by atoms with E-state index in [1.165, 1.54) is 0 Å². The third-order valence-electron chi connectivity index (χ3n) is 1.57. The van der Waals surface area contributed by atoms with E-state index in [2.05, 4.69) is 4.98 Å². The average molecular weight is 211 g/mol. The van der Waals surface area contributed by atoms with Gasteiger partial charge in [0, 0.05) is 11.8 Å². The summed E-state index contributed by atoms with van der Waals surface area (Å²) in [4.78, 5) is 3.12. The van der Waals surface area contributed by atoms with Gasteiger partial charge < -0.3 is 5.73 Å². The van der Waals surface area contributed by atoms with Crippen molar-refractivity contribution in [2.24, 2.45) is 0 Å². The molecule has 0 aliphatic heterocycles. The molecular weight excluding hydrogens is 205 g/mol. The normalized spacial score (nSPS) is 10.8. The molecule has 0 amide bonds. The molecule has 0 saturated carbocycles. The third-order valence-corrected chi connectivity index (χ3v) is 1.84. The second-order valence-electron chi connectivity index (χ2n) is 2.33. The monoisotopic (exact) mass is 210 g/mol. The molecule has 2 N–H and O–H groups in total. The van der Waals surface area contributed by atoms with Crippen LogP contribution in [0.4, 0.5) is 18.9 Å². The molecule has 0 spiro atoms. The van der Waals surface area contributed by atoms with Crippen LogP contribution in [0.3, 0.4) is 0 Å². The van der Waals surface area contributed by atoms with Crippen LogP contribution in [0.2, 0.25) is 0 Å². The highest BCUT2D eigenvalue weighted by Gasteiger charge is 2.17. The van der Waals surface area contributed by atoms with Crippen LogP contribution in [0.25, 0.3) is 0 Å². The minimum atomic E-state index is -2.77. The van der Waals surface area contributed by atoms with Crippen molar-refractivity contribution in [3.05, 3.63) is 23.3 Å². The minimum Gasteiger partial charge on any atom is -0.398 e. The first-order chi connectivity index (χ1) is 6.07. The highest BCUT2D eigenvalue weighted by Crippen LogP contribution is 2.28. The highest BCUT2D eigenvalue weighted by molar-refractivity contribution is 6.17. The molecule has 1 aromatic heterocycles. The van der Waals surface area contributed by atoms with Gasteiger partial charge in [-0.05, 0) is 0 Å². The van der Waals surface area contributed by atoms with Gasteiger partial charge in [0.05, 0.1) is 17.1 Å². The summed E-state index contributed by atoms with van der Waals surface area (Å²) in [5.41, 5.74) is 4.26. The molecule has 0 atom stereocenters. The lowest BCUT2D eigenvalue weighted by Gasteiger charge is -2.07. The smallest absolute Gasteiger partial charge is 0.267 e. The Labute approximate surface area is 77.5 Å². The van der Waals surface area contributed by atoms with Gasteiger partial charge in [0.1, 0.15) is 0 Å². The van der Waals surface area contributed by atoms with Crippen molar-refractivity contribution in [1.29, 1.82) is 0 Å². The van der Waals surface area contributed by atoms with Crippen LogP contribution in [-0.4, -0.2) is 4.98 Å². The zero-order valence-electron chi connectivity index (χ0n) is 6.40. The summed E-state index contributed by atoms with van der Waals surface area (Å²) in [6.45, 7) is 0. The van der Waals surface area contributed by atoms with E-state index in [0.29, 0.717) is 6.20 Å². The average Bonchev–Trinajstić information content (AvgIpc) is 2.04. The first kappa shape index (κ1) is 10.1. The van der Waals surface area contributed by atoms with Crippen LogP contribution < -0.4 is 5.73 Å². The molecule has 0 aromatic carbocycles. The first-order valence-corrected chi connectivity index (χ1v) is 3.88. The second-order valence-corrected chi connectivity index (χ2v) is 2.60. The van der Waals surface area contributed by atoms with Crippen molar-refractivity contribution in [2.75, 3.05) is 5.73 Å². The van der Waals surface area contributed by atoms with Gasteiger partial charge in [0.25, 0.3) is 6.43 Å². The fourth-order valence-corrected chi connectivity index (χ4v) is 1.11. The Kier molecular flexibility index (Phi) is 2.98. The van der Waals surface area contributed by atoms with Gasteiger partial charge in [-0.25, -0.2) is 13.8 Å². The predicted molar refractivity (Wildman–Crippen MR) is 43.1 cm³/mol. The molecule has 6 heteroatoms. The van der Waals surface area contributed by atoms with Crippen LogP contribution in [0.15, 0.2) is 6.20 Å². The standard InChI is InChI=1S/C7H6ClF3N2/c8-1-3-5(12)4(6(9)10)2-13-7(3)11/h2,6H,1H2,(H2,12,13). The predicted octanol–water partition coefficient (Wildman–Crippen LogP) is 2.48. The SMILES string of the molecule is Nc1c(C(F)F)cnc(F)c1CCl. The van der Waals surface area contributed by atoms with Gasteiger partial charge in [-0.3, -0.25) is 0 Å². The van der Waals surface area contributed by atoms with Crippen LogP contribution in [-0.2, 0) is 5.88 Å². The van der Waals surface area contributed by atoms with Crippen LogP contribution in [0.1, 0.15) is 17.6 Å². The number of alkyl halides is 3. The summed E-state index contributed by atoms with van der Waals surface area (Å²) < 4.78 is 37.2. The molecule has 0 aliphatic carbocycles. The van der Waals surface area contributed by atoms with Gasteiger partial charge in [-0.2, -0.15) is 4.39 Å². The maximum Gasteiger partial charge on any atom is 0.267 e. The lowest BCUT2D eigenvalue weighted by Crippen LogP contribution is -2.04. The van der Waals surface area contributed by atoms with Gasteiger partial charge in [-0.1, -0.05) is 0 Å². The highest BCUT2D eigenvalue weighted by atomic mass is 35.5. The number of nitrogens with two attached hydrogens (primary N) is 1. The number of halogens is 4. The first-order valence-electron chi connectivity index (χ1n) is 3.34. The molecule has 13 heavy (non-hydrogen) atoms. The molecule has 72 valence electrons. The van der Waals surface area contributed by atoms with Crippen molar-refractivity contribution < 1.29 is 13.2 Å². The van der Waals surface area contributed by atoms with Gasteiger partial charge >= 0.3 is 0 Å². The van der Waals surface area contributed by atoms with E-state index in [0.717, 1.165) is 0 Å². The Bertz CT molecular complexity index is 317. The Morgan fingerprint density at radius 3 is 2.62 bits per heavy atom. The summed E-state index contributed by atoms with van der Waals surface area (Å²) in [6.07, 6.45) is -2.05. The van der Waals surface area contributed by atoms with E-state index in [4.69, 9.17) is 17.3 Å². The van der Waals surface area contributed by atoms with Gasteiger partial charge in [0.2, 0.25) is 5.95 Å². The van der Waals surface area contributed by atoms with E-state index in [9.17, 15) is 13.2 Å². The van der Waals surface area contributed by atoms with E-state index < -0.39 is 17.9 Å². The van der Waals surface area contributed by atoms with E-state index in [1.807, 2.05) is 0 Å². The van der Waals surface area contributed by atoms with Crippen molar-refractivity contribution in [3.63, 3.8) is 0 Å². The molecule has 1 aromatic rings. The number of nitrogen functional groups attached to an aromatic ring is 1. The van der Waals surface area contributed by atoms with Crippen molar-refractivity contribution in [3.8, 4) is 0 Å². The molecule has 0 bridgehead atoms. The van der Waals surface area contributed by atoms with E-state index in [-0.39, 0.29) is 17.1 Å². The minimum absolute atomic E-state index is 0.181. The number of pyridine rings is 1. The number of hydrogen-bond acceptors (Lipinski definition) is 2. The molecule has 0 unspecified atom stereocenters. The van der Waals surface area contributed by atoms with Crippen molar-refractivity contribution in [2.45, 2.75) is 12.3 Å². The zero-order valence-corrected chi connectivity index (χ0v) is 7.15. The molecule has 1 heterocycles. The second kappa shape index (κ2) is 3.83. The van der Waals surface area contributed by atoms with Crippen molar-refractivity contribution in [1.82, 2.24) is 4.98 Å². The Balaban J connectivity index is 3.27.